The summed E-state index contributed by atoms with van der Waals surface area (Å²) in [7, 11) is 0. The highest BCUT2D eigenvalue weighted by Gasteiger charge is 2.56. The molecule has 0 saturated heterocycles. The topological polar surface area (TPSA) is 40.5 Å². The highest BCUT2D eigenvalue weighted by atomic mass is 16.3. The molecule has 3 aliphatic rings. The van der Waals surface area contributed by atoms with E-state index in [0.29, 0.717) is 23.7 Å². The first-order valence-corrected chi connectivity index (χ1v) is 5.15. The van der Waals surface area contributed by atoms with E-state index in [2.05, 4.69) is 0 Å². The molecule has 0 amide bonds. The lowest BCUT2D eigenvalue weighted by Crippen LogP contribution is -1.93. The summed E-state index contributed by atoms with van der Waals surface area (Å²) in [5, 5.41) is 19.0. The monoisotopic (exact) mass is 168 g/mol. The number of hydrogen-bond acceptors (Lipinski definition) is 2. The maximum Gasteiger partial charge on any atom is 0.0603 e. The van der Waals surface area contributed by atoms with Crippen LogP contribution < -0.4 is 0 Å². The van der Waals surface area contributed by atoms with Gasteiger partial charge in [-0.1, -0.05) is 0 Å². The van der Waals surface area contributed by atoms with Crippen molar-refractivity contribution in [2.24, 2.45) is 23.7 Å². The molecule has 0 bridgehead atoms. The fraction of sp³-hybridized carbons (Fsp3) is 1.00. The maximum absolute atomic E-state index is 9.48. The van der Waals surface area contributed by atoms with Gasteiger partial charge in [-0.3, -0.25) is 0 Å². The fourth-order valence-corrected chi connectivity index (χ4v) is 3.16. The summed E-state index contributed by atoms with van der Waals surface area (Å²) in [4.78, 5) is 0. The molecule has 0 spiro atoms. The maximum atomic E-state index is 9.48. The number of hydrogen-bond donors (Lipinski definition) is 2. The molecule has 0 aromatic rings. The molecule has 4 unspecified atom stereocenters. The lowest BCUT2D eigenvalue weighted by molar-refractivity contribution is 0.228. The summed E-state index contributed by atoms with van der Waals surface area (Å²) in [6.07, 6.45) is 4.65. The van der Waals surface area contributed by atoms with Crippen LogP contribution in [0.3, 0.4) is 0 Å². The van der Waals surface area contributed by atoms with Gasteiger partial charge < -0.3 is 10.2 Å². The highest BCUT2D eigenvalue weighted by Crippen LogP contribution is 2.55. The van der Waals surface area contributed by atoms with Gasteiger partial charge in [-0.15, -0.1) is 0 Å². The lowest BCUT2D eigenvalue weighted by atomic mass is 10.0. The van der Waals surface area contributed by atoms with Gasteiger partial charge in [-0.25, -0.2) is 0 Å². The van der Waals surface area contributed by atoms with E-state index < -0.39 is 0 Å². The largest absolute Gasteiger partial charge is 0.393 e. The van der Waals surface area contributed by atoms with Gasteiger partial charge in [0.2, 0.25) is 0 Å². The molecule has 3 rings (SSSR count). The molecule has 3 saturated carbocycles. The van der Waals surface area contributed by atoms with Crippen molar-refractivity contribution in [1.29, 1.82) is 0 Å². The molecule has 2 N–H and O–H groups in total. The average molecular weight is 168 g/mol. The third-order valence-electron chi connectivity index (χ3n) is 4.24. The van der Waals surface area contributed by atoms with Crippen molar-refractivity contribution >= 4 is 0 Å². The lowest BCUT2D eigenvalue weighted by Gasteiger charge is -2.03. The van der Waals surface area contributed by atoms with E-state index >= 15 is 0 Å². The van der Waals surface area contributed by atoms with Crippen LogP contribution in [0.1, 0.15) is 25.7 Å². The molecular weight excluding hydrogens is 152 g/mol. The Morgan fingerprint density at radius 2 is 0.833 bits per heavy atom. The van der Waals surface area contributed by atoms with Crippen LogP contribution in [-0.4, -0.2) is 22.4 Å². The molecule has 68 valence electrons. The summed E-state index contributed by atoms with van der Waals surface area (Å²) in [6.45, 7) is 0. The number of rotatable bonds is 0. The molecule has 0 aromatic heterocycles. The van der Waals surface area contributed by atoms with Crippen molar-refractivity contribution in [2.45, 2.75) is 37.9 Å². The zero-order valence-electron chi connectivity index (χ0n) is 7.19. The van der Waals surface area contributed by atoms with Crippen LogP contribution in [0.25, 0.3) is 0 Å². The Morgan fingerprint density at radius 3 is 1.08 bits per heavy atom. The summed E-state index contributed by atoms with van der Waals surface area (Å²) in [5.41, 5.74) is 0. The highest BCUT2D eigenvalue weighted by molar-refractivity contribution is 5.05. The molecule has 0 radical (unpaired) electrons. The molecule has 4 atom stereocenters. The van der Waals surface area contributed by atoms with Gasteiger partial charge >= 0.3 is 0 Å². The Labute approximate surface area is 72.6 Å². The van der Waals surface area contributed by atoms with Gasteiger partial charge in [0.05, 0.1) is 12.2 Å². The second kappa shape index (κ2) is 2.24. The van der Waals surface area contributed by atoms with Gasteiger partial charge in [0.25, 0.3) is 0 Å². The number of aliphatic hydroxyl groups is 2. The van der Waals surface area contributed by atoms with Crippen molar-refractivity contribution in [1.82, 2.24) is 0 Å². The zero-order valence-corrected chi connectivity index (χ0v) is 7.19. The van der Waals surface area contributed by atoms with Crippen LogP contribution in [0.5, 0.6) is 0 Å². The van der Waals surface area contributed by atoms with E-state index in [1.54, 1.807) is 0 Å². The summed E-state index contributed by atoms with van der Waals surface area (Å²) < 4.78 is 0. The van der Waals surface area contributed by atoms with Gasteiger partial charge in [-0.05, 0) is 49.4 Å². The summed E-state index contributed by atoms with van der Waals surface area (Å²) >= 11 is 0. The third-order valence-corrected chi connectivity index (χ3v) is 4.24. The molecule has 12 heavy (non-hydrogen) atoms. The van der Waals surface area contributed by atoms with Crippen molar-refractivity contribution in [3.8, 4) is 0 Å². The van der Waals surface area contributed by atoms with E-state index in [0.717, 1.165) is 25.7 Å². The quantitative estimate of drug-likeness (QED) is 0.561. The van der Waals surface area contributed by atoms with Crippen LogP contribution in [0.15, 0.2) is 0 Å². The molecule has 3 aliphatic carbocycles. The van der Waals surface area contributed by atoms with E-state index in [1.165, 1.54) is 0 Å². The van der Waals surface area contributed by atoms with E-state index in [-0.39, 0.29) is 12.2 Å². The molecule has 2 heteroatoms. The van der Waals surface area contributed by atoms with E-state index in [9.17, 15) is 10.2 Å². The second-order valence-corrected chi connectivity index (χ2v) is 4.79. The first-order valence-electron chi connectivity index (χ1n) is 5.15. The van der Waals surface area contributed by atoms with Crippen molar-refractivity contribution in [3.63, 3.8) is 0 Å². The predicted molar refractivity (Wildman–Crippen MR) is 44.4 cm³/mol. The smallest absolute Gasteiger partial charge is 0.0603 e. The van der Waals surface area contributed by atoms with Gasteiger partial charge in [-0.2, -0.15) is 0 Å². The Balaban J connectivity index is 1.66. The van der Waals surface area contributed by atoms with Crippen LogP contribution in [0, 0.1) is 23.7 Å². The molecule has 0 heterocycles. The second-order valence-electron chi connectivity index (χ2n) is 4.79. The standard InChI is InChI=1S/C10H16O2/c11-9-5-1-2-6-8(10(6)12)4-3-7(5)9/h5-12H,1-4H2. The minimum absolute atomic E-state index is 0.0136. The van der Waals surface area contributed by atoms with Crippen LogP contribution in [0.2, 0.25) is 0 Å². The molecule has 0 aromatic carbocycles. The van der Waals surface area contributed by atoms with E-state index in [4.69, 9.17) is 0 Å². The average Bonchev–Trinajstić information content (AvgIpc) is 2.76. The normalized spacial score (nSPS) is 62.5. The molecular formula is C10H16O2. The van der Waals surface area contributed by atoms with E-state index in [1.807, 2.05) is 0 Å². The van der Waals surface area contributed by atoms with Gasteiger partial charge in [0, 0.05) is 0 Å². The fourth-order valence-electron chi connectivity index (χ4n) is 3.16. The van der Waals surface area contributed by atoms with Gasteiger partial charge in [0.15, 0.2) is 0 Å². The molecule has 3 fully saturated rings. The Morgan fingerprint density at radius 1 is 0.583 bits per heavy atom. The first-order chi connectivity index (χ1) is 5.79. The van der Waals surface area contributed by atoms with Crippen LogP contribution in [0.4, 0.5) is 0 Å². The van der Waals surface area contributed by atoms with Crippen molar-refractivity contribution in [3.05, 3.63) is 0 Å². The van der Waals surface area contributed by atoms with Gasteiger partial charge in [0.1, 0.15) is 0 Å². The summed E-state index contributed by atoms with van der Waals surface area (Å²) in [5.74, 6) is 2.38. The Hall–Kier alpha value is -0.0800. The van der Waals surface area contributed by atoms with Crippen molar-refractivity contribution in [2.75, 3.05) is 0 Å². The summed E-state index contributed by atoms with van der Waals surface area (Å²) in [6, 6.07) is 0. The number of aliphatic hydroxyl groups excluding tert-OH is 2. The Kier molecular flexibility index (Phi) is 1.37. The van der Waals surface area contributed by atoms with Crippen LogP contribution >= 0.6 is 0 Å². The third kappa shape index (κ3) is 0.882. The zero-order chi connectivity index (χ0) is 8.29. The first kappa shape index (κ1) is 7.34. The van der Waals surface area contributed by atoms with Crippen LogP contribution in [-0.2, 0) is 0 Å². The Bertz CT molecular complexity index is 162. The SMILES string of the molecule is OC1C2CCC3C(O)C3CCC12. The number of fused-ring (bicyclic) bond motifs is 2. The molecule has 0 aliphatic heterocycles. The minimum Gasteiger partial charge on any atom is -0.393 e. The molecule has 2 nitrogen and oxygen atoms in total. The van der Waals surface area contributed by atoms with Crippen molar-refractivity contribution < 1.29 is 10.2 Å². The predicted octanol–water partition coefficient (Wildman–Crippen LogP) is 0.774. The minimum atomic E-state index is 0.0136.